The smallest absolute Gasteiger partial charge is 0.261 e. The third-order valence-corrected chi connectivity index (χ3v) is 3.89. The second kappa shape index (κ2) is 5.13. The van der Waals surface area contributed by atoms with Crippen LogP contribution < -0.4 is 4.72 Å². The Hall–Kier alpha value is -0.630. The lowest BCUT2D eigenvalue weighted by Gasteiger charge is -2.09. The fraction of sp³-hybridized carbons (Fsp3) is 0.625. The summed E-state index contributed by atoms with van der Waals surface area (Å²) in [6.45, 7) is 0.936. The molecule has 1 aromatic rings. The van der Waals surface area contributed by atoms with Crippen LogP contribution in [0.2, 0.25) is 5.15 Å². The minimum atomic E-state index is -3.61. The van der Waals surface area contributed by atoms with Crippen molar-refractivity contribution in [3.8, 4) is 0 Å². The van der Waals surface area contributed by atoms with E-state index in [2.05, 4.69) is 9.71 Å². The van der Waals surface area contributed by atoms with Crippen molar-refractivity contribution in [2.75, 3.05) is 27.2 Å². The van der Waals surface area contributed by atoms with Crippen molar-refractivity contribution in [2.24, 2.45) is 7.05 Å². The van der Waals surface area contributed by atoms with Gasteiger partial charge in [-0.25, -0.2) is 18.1 Å². The minimum absolute atomic E-state index is 0.109. The standard InChI is InChI=1S/C8H15ClN4O2S/c1-12(2)5-4-11-16(14,15)8-7(9)13(3)6-10-8/h6,11H,4-5H2,1-3H3. The number of aromatic nitrogens is 2. The lowest BCUT2D eigenvalue weighted by atomic mass is 10.6. The van der Waals surface area contributed by atoms with Crippen molar-refractivity contribution in [1.82, 2.24) is 19.2 Å². The highest BCUT2D eigenvalue weighted by molar-refractivity contribution is 7.89. The maximum atomic E-state index is 11.8. The molecule has 0 amide bonds. The van der Waals surface area contributed by atoms with Crippen LogP contribution in [0.5, 0.6) is 0 Å². The first-order valence-electron chi connectivity index (χ1n) is 4.66. The summed E-state index contributed by atoms with van der Waals surface area (Å²) in [7, 11) is 1.75. The van der Waals surface area contributed by atoms with Gasteiger partial charge in [0.25, 0.3) is 10.0 Å². The molecule has 1 N–H and O–H groups in total. The number of hydrogen-bond donors (Lipinski definition) is 1. The Bertz CT molecular complexity index is 455. The number of nitrogens with one attached hydrogen (secondary N) is 1. The predicted molar refractivity (Wildman–Crippen MR) is 62.0 cm³/mol. The van der Waals surface area contributed by atoms with Gasteiger partial charge >= 0.3 is 0 Å². The van der Waals surface area contributed by atoms with Gasteiger partial charge in [-0.05, 0) is 14.1 Å². The molecule has 1 heterocycles. The van der Waals surface area contributed by atoms with E-state index < -0.39 is 10.0 Å². The number of aryl methyl sites for hydroxylation is 1. The zero-order valence-corrected chi connectivity index (χ0v) is 11.0. The maximum absolute atomic E-state index is 11.8. The molecule has 0 bridgehead atoms. The monoisotopic (exact) mass is 266 g/mol. The number of sulfonamides is 1. The summed E-state index contributed by atoms with van der Waals surface area (Å²) in [5.41, 5.74) is 0. The van der Waals surface area contributed by atoms with Crippen LogP contribution >= 0.6 is 11.6 Å². The third kappa shape index (κ3) is 3.18. The fourth-order valence-corrected chi connectivity index (χ4v) is 2.49. The molecule has 6 nitrogen and oxygen atoms in total. The van der Waals surface area contributed by atoms with E-state index in [9.17, 15) is 8.42 Å². The summed E-state index contributed by atoms with van der Waals surface area (Å²) in [5, 5.41) is -0.0206. The lowest BCUT2D eigenvalue weighted by molar-refractivity contribution is 0.412. The molecular weight excluding hydrogens is 252 g/mol. The van der Waals surface area contributed by atoms with E-state index in [4.69, 9.17) is 11.6 Å². The van der Waals surface area contributed by atoms with E-state index in [1.807, 2.05) is 19.0 Å². The Morgan fingerprint density at radius 3 is 2.62 bits per heavy atom. The van der Waals surface area contributed by atoms with Crippen molar-refractivity contribution >= 4 is 21.6 Å². The molecular formula is C8H15ClN4O2S. The molecule has 0 aromatic carbocycles. The first-order valence-corrected chi connectivity index (χ1v) is 6.52. The Balaban J connectivity index is 2.75. The number of nitrogens with zero attached hydrogens (tertiary/aromatic N) is 3. The van der Waals surface area contributed by atoms with Crippen molar-refractivity contribution in [3.05, 3.63) is 11.5 Å². The molecule has 16 heavy (non-hydrogen) atoms. The third-order valence-electron chi connectivity index (χ3n) is 1.94. The normalized spacial score (nSPS) is 12.3. The van der Waals surface area contributed by atoms with Gasteiger partial charge in [0.2, 0.25) is 5.03 Å². The van der Waals surface area contributed by atoms with Crippen LogP contribution in [0.4, 0.5) is 0 Å². The van der Waals surface area contributed by atoms with Crippen LogP contribution in [-0.4, -0.2) is 50.1 Å². The minimum Gasteiger partial charge on any atom is -0.324 e. The summed E-state index contributed by atoms with van der Waals surface area (Å²) < 4.78 is 27.4. The van der Waals surface area contributed by atoms with Gasteiger partial charge in [-0.2, -0.15) is 0 Å². The largest absolute Gasteiger partial charge is 0.324 e. The molecule has 1 aromatic heterocycles. The van der Waals surface area contributed by atoms with E-state index in [1.54, 1.807) is 7.05 Å². The van der Waals surface area contributed by atoms with Crippen LogP contribution in [-0.2, 0) is 17.1 Å². The van der Waals surface area contributed by atoms with Crippen molar-refractivity contribution in [3.63, 3.8) is 0 Å². The molecule has 0 saturated heterocycles. The number of halogens is 1. The summed E-state index contributed by atoms with van der Waals surface area (Å²) >= 11 is 5.81. The van der Waals surface area contributed by atoms with E-state index >= 15 is 0 Å². The molecule has 0 aliphatic heterocycles. The van der Waals surface area contributed by atoms with Crippen molar-refractivity contribution < 1.29 is 8.42 Å². The quantitative estimate of drug-likeness (QED) is 0.809. The molecule has 1 rings (SSSR count). The SMILES string of the molecule is CN(C)CCNS(=O)(=O)c1ncn(C)c1Cl. The predicted octanol–water partition coefficient (Wildman–Crippen LogP) is -0.0866. The molecule has 0 aliphatic rings. The van der Waals surface area contributed by atoms with Gasteiger partial charge in [0.05, 0.1) is 6.33 Å². The molecule has 0 aliphatic carbocycles. The van der Waals surface area contributed by atoms with Crippen molar-refractivity contribution in [2.45, 2.75) is 5.03 Å². The summed E-state index contributed by atoms with van der Waals surface area (Å²) in [5.74, 6) is 0. The topological polar surface area (TPSA) is 67.2 Å². The van der Waals surface area contributed by atoms with E-state index in [0.717, 1.165) is 0 Å². The van der Waals surface area contributed by atoms with Crippen LogP contribution in [0.15, 0.2) is 11.4 Å². The van der Waals surface area contributed by atoms with Gasteiger partial charge in [0.1, 0.15) is 5.15 Å². The van der Waals surface area contributed by atoms with Crippen LogP contribution in [0.1, 0.15) is 0 Å². The number of imidazole rings is 1. The van der Waals surface area contributed by atoms with Crippen LogP contribution in [0, 0.1) is 0 Å². The molecule has 0 radical (unpaired) electrons. The van der Waals surface area contributed by atoms with Crippen LogP contribution in [0.25, 0.3) is 0 Å². The fourth-order valence-electron chi connectivity index (χ4n) is 1.05. The van der Waals surface area contributed by atoms with E-state index in [0.29, 0.717) is 13.1 Å². The van der Waals surface area contributed by atoms with Gasteiger partial charge < -0.3 is 9.47 Å². The molecule has 0 unspecified atom stereocenters. The average molecular weight is 267 g/mol. The molecule has 0 saturated carbocycles. The highest BCUT2D eigenvalue weighted by Gasteiger charge is 2.21. The summed E-state index contributed by atoms with van der Waals surface area (Å²) in [4.78, 5) is 5.63. The maximum Gasteiger partial charge on any atom is 0.261 e. The Morgan fingerprint density at radius 2 is 2.19 bits per heavy atom. The molecule has 0 fully saturated rings. The van der Waals surface area contributed by atoms with Gasteiger partial charge in [0, 0.05) is 20.1 Å². The van der Waals surface area contributed by atoms with E-state index in [1.165, 1.54) is 10.9 Å². The first kappa shape index (κ1) is 13.4. The van der Waals surface area contributed by atoms with Crippen molar-refractivity contribution in [1.29, 1.82) is 0 Å². The lowest BCUT2D eigenvalue weighted by Crippen LogP contribution is -2.31. The zero-order chi connectivity index (χ0) is 12.3. The average Bonchev–Trinajstić information content (AvgIpc) is 2.47. The molecule has 8 heteroatoms. The van der Waals surface area contributed by atoms with Crippen LogP contribution in [0.3, 0.4) is 0 Å². The first-order chi connectivity index (χ1) is 7.34. The van der Waals surface area contributed by atoms with Gasteiger partial charge in [0.15, 0.2) is 0 Å². The highest BCUT2D eigenvalue weighted by Crippen LogP contribution is 2.17. The number of rotatable bonds is 5. The van der Waals surface area contributed by atoms with Gasteiger partial charge in [-0.3, -0.25) is 0 Å². The summed E-state index contributed by atoms with van der Waals surface area (Å²) in [6.07, 6.45) is 1.36. The second-order valence-corrected chi connectivity index (χ2v) is 5.69. The Labute approximate surface area is 100 Å². The Kier molecular flexibility index (Phi) is 4.31. The molecule has 0 atom stereocenters. The summed E-state index contributed by atoms with van der Waals surface area (Å²) in [6, 6.07) is 0. The zero-order valence-electron chi connectivity index (χ0n) is 9.44. The molecule has 92 valence electrons. The van der Waals surface area contributed by atoms with Gasteiger partial charge in [-0.15, -0.1) is 0 Å². The highest BCUT2D eigenvalue weighted by atomic mass is 35.5. The number of likely N-dealkylation sites (N-methyl/N-ethyl adjacent to an activating group) is 1. The second-order valence-electron chi connectivity index (χ2n) is 3.65. The number of hydrogen-bond acceptors (Lipinski definition) is 4. The van der Waals surface area contributed by atoms with Gasteiger partial charge in [-0.1, -0.05) is 11.6 Å². The molecule has 0 spiro atoms. The Morgan fingerprint density at radius 1 is 1.56 bits per heavy atom. The van der Waals surface area contributed by atoms with E-state index in [-0.39, 0.29) is 10.2 Å².